The molecule has 16 heavy (non-hydrogen) atoms. The van der Waals surface area contributed by atoms with Gasteiger partial charge in [-0.3, -0.25) is 10.1 Å². The van der Waals surface area contributed by atoms with Crippen LogP contribution in [0.25, 0.3) is 0 Å². The van der Waals surface area contributed by atoms with Gasteiger partial charge in [0.2, 0.25) is 0 Å². The predicted octanol–water partition coefficient (Wildman–Crippen LogP) is 2.59. The fourth-order valence-electron chi connectivity index (χ4n) is 1.19. The Bertz CT molecular complexity index is 416. The van der Waals surface area contributed by atoms with E-state index >= 15 is 0 Å². The van der Waals surface area contributed by atoms with Crippen LogP contribution in [0.5, 0.6) is 5.75 Å². The highest BCUT2D eigenvalue weighted by molar-refractivity contribution is 5.58. The van der Waals surface area contributed by atoms with E-state index in [0.29, 0.717) is 6.54 Å². The zero-order valence-electron chi connectivity index (χ0n) is 9.32. The van der Waals surface area contributed by atoms with Crippen LogP contribution in [0, 0.1) is 10.1 Å². The minimum Gasteiger partial charge on any atom is -0.490 e. The summed E-state index contributed by atoms with van der Waals surface area (Å²) in [7, 11) is 1.41. The highest BCUT2D eigenvalue weighted by Gasteiger charge is 2.14. The highest BCUT2D eigenvalue weighted by Crippen LogP contribution is 2.29. The second-order valence-corrected chi connectivity index (χ2v) is 3.45. The Morgan fingerprint density at radius 2 is 2.31 bits per heavy atom. The van der Waals surface area contributed by atoms with Crippen LogP contribution in [-0.2, 0) is 0 Å². The van der Waals surface area contributed by atoms with Crippen LogP contribution in [0.4, 0.5) is 11.4 Å². The quantitative estimate of drug-likeness (QED) is 0.472. The Morgan fingerprint density at radius 3 is 2.81 bits per heavy atom. The molecule has 1 rings (SSSR count). The van der Waals surface area contributed by atoms with Gasteiger partial charge in [0.1, 0.15) is 0 Å². The SMILES string of the molecule is C=C(C)CNc1ccc([N+](=O)[O-])c(OC)c1. The van der Waals surface area contributed by atoms with Gasteiger partial charge in [0.25, 0.3) is 0 Å². The maximum atomic E-state index is 10.6. The van der Waals surface area contributed by atoms with Gasteiger partial charge >= 0.3 is 5.69 Å². The number of ether oxygens (including phenoxy) is 1. The van der Waals surface area contributed by atoms with Crippen LogP contribution in [0.1, 0.15) is 6.92 Å². The molecule has 0 unspecified atom stereocenters. The predicted molar refractivity (Wildman–Crippen MR) is 63.0 cm³/mol. The van der Waals surface area contributed by atoms with Crippen molar-refractivity contribution < 1.29 is 9.66 Å². The Morgan fingerprint density at radius 1 is 1.62 bits per heavy atom. The summed E-state index contributed by atoms with van der Waals surface area (Å²) in [5.41, 5.74) is 1.71. The van der Waals surface area contributed by atoms with E-state index in [4.69, 9.17) is 4.74 Å². The lowest BCUT2D eigenvalue weighted by Gasteiger charge is -2.08. The molecular formula is C11H14N2O3. The second-order valence-electron chi connectivity index (χ2n) is 3.45. The molecule has 0 radical (unpaired) electrons. The van der Waals surface area contributed by atoms with Crippen LogP contribution in [0.2, 0.25) is 0 Å². The first-order valence-corrected chi connectivity index (χ1v) is 4.75. The topological polar surface area (TPSA) is 64.4 Å². The Labute approximate surface area is 93.9 Å². The van der Waals surface area contributed by atoms with Crippen molar-refractivity contribution >= 4 is 11.4 Å². The van der Waals surface area contributed by atoms with E-state index in [0.717, 1.165) is 11.3 Å². The molecule has 0 bridgehead atoms. The number of rotatable bonds is 5. The third-order valence-electron chi connectivity index (χ3n) is 1.97. The monoisotopic (exact) mass is 222 g/mol. The second kappa shape index (κ2) is 5.16. The Kier molecular flexibility index (Phi) is 3.88. The van der Waals surface area contributed by atoms with Crippen molar-refractivity contribution in [2.45, 2.75) is 6.92 Å². The molecule has 0 atom stereocenters. The molecule has 1 aromatic carbocycles. The molecule has 1 aromatic rings. The first kappa shape index (κ1) is 12.0. The Hall–Kier alpha value is -2.04. The van der Waals surface area contributed by atoms with E-state index in [9.17, 15) is 10.1 Å². The van der Waals surface area contributed by atoms with Crippen LogP contribution >= 0.6 is 0 Å². The molecule has 5 nitrogen and oxygen atoms in total. The lowest BCUT2D eigenvalue weighted by molar-refractivity contribution is -0.385. The summed E-state index contributed by atoms with van der Waals surface area (Å²) in [6, 6.07) is 4.66. The molecule has 86 valence electrons. The maximum absolute atomic E-state index is 10.6. The standard InChI is InChI=1S/C11H14N2O3/c1-8(2)7-12-9-4-5-10(13(14)15)11(6-9)16-3/h4-6,12H,1,7H2,2-3H3. The number of nitro groups is 1. The lowest BCUT2D eigenvalue weighted by Crippen LogP contribution is -2.02. The van der Waals surface area contributed by atoms with Gasteiger partial charge in [-0.25, -0.2) is 0 Å². The first-order chi connectivity index (χ1) is 7.54. The fourth-order valence-corrected chi connectivity index (χ4v) is 1.19. The average Bonchev–Trinajstić information content (AvgIpc) is 2.25. The van der Waals surface area contributed by atoms with Crippen LogP contribution in [0.3, 0.4) is 0 Å². The number of hydrogen-bond acceptors (Lipinski definition) is 4. The number of nitrogens with zero attached hydrogens (tertiary/aromatic N) is 1. The van der Waals surface area contributed by atoms with E-state index in [1.54, 1.807) is 12.1 Å². The van der Waals surface area contributed by atoms with Gasteiger partial charge in [-0.2, -0.15) is 0 Å². The molecule has 0 fully saturated rings. The summed E-state index contributed by atoms with van der Waals surface area (Å²) in [6.45, 7) is 6.28. The molecule has 0 amide bonds. The largest absolute Gasteiger partial charge is 0.490 e. The van der Waals surface area contributed by atoms with Crippen molar-refractivity contribution in [1.82, 2.24) is 0 Å². The lowest BCUT2D eigenvalue weighted by atomic mass is 10.2. The number of benzene rings is 1. The van der Waals surface area contributed by atoms with Gasteiger partial charge < -0.3 is 10.1 Å². The third kappa shape index (κ3) is 2.98. The number of hydrogen-bond donors (Lipinski definition) is 1. The van der Waals surface area contributed by atoms with Crippen LogP contribution in [0.15, 0.2) is 30.4 Å². The zero-order chi connectivity index (χ0) is 12.1. The molecule has 0 spiro atoms. The van der Waals surface area contributed by atoms with Gasteiger partial charge in [-0.05, 0) is 13.0 Å². The summed E-state index contributed by atoms with van der Waals surface area (Å²) < 4.78 is 4.95. The summed E-state index contributed by atoms with van der Waals surface area (Å²) in [5.74, 6) is 0.247. The van der Waals surface area contributed by atoms with E-state index in [-0.39, 0.29) is 11.4 Å². The minimum atomic E-state index is -0.471. The molecule has 0 aliphatic carbocycles. The van der Waals surface area contributed by atoms with Crippen molar-refractivity contribution in [3.05, 3.63) is 40.5 Å². The molecule has 0 saturated carbocycles. The molecule has 1 N–H and O–H groups in total. The number of nitro benzene ring substituents is 1. The summed E-state index contributed by atoms with van der Waals surface area (Å²) in [4.78, 5) is 10.2. The highest BCUT2D eigenvalue weighted by atomic mass is 16.6. The molecular weight excluding hydrogens is 208 g/mol. The zero-order valence-corrected chi connectivity index (χ0v) is 9.32. The summed E-state index contributed by atoms with van der Waals surface area (Å²) in [5, 5.41) is 13.7. The molecule has 0 aliphatic rings. The van der Waals surface area contributed by atoms with E-state index in [1.165, 1.54) is 13.2 Å². The van der Waals surface area contributed by atoms with Gasteiger partial charge in [0.15, 0.2) is 5.75 Å². The average molecular weight is 222 g/mol. The van der Waals surface area contributed by atoms with Crippen LogP contribution in [-0.4, -0.2) is 18.6 Å². The fraction of sp³-hybridized carbons (Fsp3) is 0.273. The van der Waals surface area contributed by atoms with E-state index in [2.05, 4.69) is 11.9 Å². The summed E-state index contributed by atoms with van der Waals surface area (Å²) in [6.07, 6.45) is 0. The smallest absolute Gasteiger partial charge is 0.311 e. The number of nitrogens with one attached hydrogen (secondary N) is 1. The molecule has 0 heterocycles. The van der Waals surface area contributed by atoms with Crippen molar-refractivity contribution in [3.8, 4) is 5.75 Å². The summed E-state index contributed by atoms with van der Waals surface area (Å²) >= 11 is 0. The number of anilines is 1. The van der Waals surface area contributed by atoms with Crippen LogP contribution < -0.4 is 10.1 Å². The van der Waals surface area contributed by atoms with Gasteiger partial charge in [0.05, 0.1) is 12.0 Å². The van der Waals surface area contributed by atoms with E-state index < -0.39 is 4.92 Å². The molecule has 0 aliphatic heterocycles. The molecule has 0 aromatic heterocycles. The molecule has 0 saturated heterocycles. The van der Waals surface area contributed by atoms with Gasteiger partial charge in [-0.1, -0.05) is 12.2 Å². The third-order valence-corrected chi connectivity index (χ3v) is 1.97. The van der Waals surface area contributed by atoms with E-state index in [1.807, 2.05) is 6.92 Å². The number of methoxy groups -OCH3 is 1. The molecule has 5 heteroatoms. The van der Waals surface area contributed by atoms with Crippen molar-refractivity contribution in [1.29, 1.82) is 0 Å². The van der Waals surface area contributed by atoms with Crippen molar-refractivity contribution in [2.75, 3.05) is 19.0 Å². The maximum Gasteiger partial charge on any atom is 0.311 e. The normalized spacial score (nSPS) is 9.62. The first-order valence-electron chi connectivity index (χ1n) is 4.75. The van der Waals surface area contributed by atoms with Gasteiger partial charge in [0, 0.05) is 24.4 Å². The van der Waals surface area contributed by atoms with Crippen molar-refractivity contribution in [3.63, 3.8) is 0 Å². The van der Waals surface area contributed by atoms with Gasteiger partial charge in [-0.15, -0.1) is 0 Å². The van der Waals surface area contributed by atoms with Crippen molar-refractivity contribution in [2.24, 2.45) is 0 Å². The minimum absolute atomic E-state index is 0.0385. The Balaban J connectivity index is 2.90.